The van der Waals surface area contributed by atoms with Gasteiger partial charge in [0.15, 0.2) is 0 Å². The minimum atomic E-state index is -0.721. The van der Waals surface area contributed by atoms with Crippen molar-refractivity contribution in [1.29, 1.82) is 0 Å². The number of rotatable bonds is 2. The molecular weight excluding hydrogens is 154 g/mol. The number of nitrogens with two attached hydrogens (primary N) is 1. The third kappa shape index (κ3) is 1.22. The lowest BCUT2D eigenvalue weighted by Crippen LogP contribution is -2.42. The Labute approximate surface area is 72.9 Å². The second-order valence-corrected chi connectivity index (χ2v) is 3.97. The van der Waals surface area contributed by atoms with Gasteiger partial charge in [0, 0.05) is 6.04 Å². The first-order chi connectivity index (χ1) is 5.53. The highest BCUT2D eigenvalue weighted by Gasteiger charge is 2.48. The zero-order chi connectivity index (χ0) is 9.35. The van der Waals surface area contributed by atoms with Crippen molar-refractivity contribution in [1.82, 2.24) is 0 Å². The molecule has 0 saturated heterocycles. The fourth-order valence-electron chi connectivity index (χ4n) is 2.32. The highest BCUT2D eigenvalue weighted by molar-refractivity contribution is 5.76. The molecule has 3 N–H and O–H groups in total. The molecule has 3 heteroatoms. The van der Waals surface area contributed by atoms with Gasteiger partial charge in [-0.05, 0) is 25.2 Å². The monoisotopic (exact) mass is 171 g/mol. The van der Waals surface area contributed by atoms with E-state index in [2.05, 4.69) is 6.92 Å². The van der Waals surface area contributed by atoms with E-state index >= 15 is 0 Å². The number of aliphatic carboxylic acids is 1. The molecule has 1 saturated carbocycles. The Hall–Kier alpha value is -0.570. The van der Waals surface area contributed by atoms with Crippen LogP contribution in [0, 0.1) is 11.3 Å². The summed E-state index contributed by atoms with van der Waals surface area (Å²) in [4.78, 5) is 11.0. The van der Waals surface area contributed by atoms with E-state index in [-0.39, 0.29) is 6.04 Å². The van der Waals surface area contributed by atoms with Crippen LogP contribution in [0.25, 0.3) is 0 Å². The molecule has 0 aromatic carbocycles. The van der Waals surface area contributed by atoms with Crippen molar-refractivity contribution in [3.63, 3.8) is 0 Å². The summed E-state index contributed by atoms with van der Waals surface area (Å²) in [7, 11) is 0. The van der Waals surface area contributed by atoms with E-state index in [4.69, 9.17) is 10.8 Å². The third-order valence-corrected chi connectivity index (χ3v) is 3.14. The van der Waals surface area contributed by atoms with Gasteiger partial charge in [0.1, 0.15) is 0 Å². The molecule has 0 heterocycles. The highest BCUT2D eigenvalue weighted by Crippen LogP contribution is 2.43. The molecule has 3 nitrogen and oxygen atoms in total. The van der Waals surface area contributed by atoms with Crippen molar-refractivity contribution in [2.75, 3.05) is 0 Å². The molecule has 70 valence electrons. The second-order valence-electron chi connectivity index (χ2n) is 3.97. The van der Waals surface area contributed by atoms with Crippen LogP contribution < -0.4 is 5.73 Å². The summed E-state index contributed by atoms with van der Waals surface area (Å²) in [6.45, 7) is 3.98. The normalized spacial score (nSPS) is 41.6. The van der Waals surface area contributed by atoms with Gasteiger partial charge in [0.2, 0.25) is 0 Å². The second kappa shape index (κ2) is 3.05. The van der Waals surface area contributed by atoms with E-state index in [0.717, 1.165) is 12.8 Å². The Bertz CT molecular complexity index is 193. The van der Waals surface area contributed by atoms with E-state index < -0.39 is 11.4 Å². The topological polar surface area (TPSA) is 63.3 Å². The van der Waals surface area contributed by atoms with Gasteiger partial charge in [-0.15, -0.1) is 0 Å². The molecule has 1 rings (SSSR count). The molecule has 1 fully saturated rings. The largest absolute Gasteiger partial charge is 0.481 e. The lowest BCUT2D eigenvalue weighted by atomic mass is 9.80. The van der Waals surface area contributed by atoms with Gasteiger partial charge >= 0.3 is 5.97 Å². The molecule has 0 aromatic rings. The van der Waals surface area contributed by atoms with Crippen LogP contribution in [0.15, 0.2) is 0 Å². The molecule has 1 aliphatic rings. The fourth-order valence-corrected chi connectivity index (χ4v) is 2.32. The lowest BCUT2D eigenvalue weighted by Gasteiger charge is -2.26. The average Bonchev–Trinajstić information content (AvgIpc) is 2.26. The smallest absolute Gasteiger partial charge is 0.311 e. The Morgan fingerprint density at radius 1 is 1.75 bits per heavy atom. The highest BCUT2D eigenvalue weighted by atomic mass is 16.4. The van der Waals surface area contributed by atoms with Crippen molar-refractivity contribution in [2.45, 2.75) is 39.2 Å². The number of carbonyl (C=O) groups is 1. The molecular formula is C9H17NO2. The molecule has 0 bridgehead atoms. The summed E-state index contributed by atoms with van der Waals surface area (Å²) in [5.41, 5.74) is 5.20. The molecule has 0 aromatic heterocycles. The minimum Gasteiger partial charge on any atom is -0.481 e. The maximum Gasteiger partial charge on any atom is 0.311 e. The number of hydrogen-bond donors (Lipinski definition) is 2. The van der Waals surface area contributed by atoms with Crippen LogP contribution in [-0.2, 0) is 4.79 Å². The average molecular weight is 171 g/mol. The summed E-state index contributed by atoms with van der Waals surface area (Å²) in [5, 5.41) is 9.07. The summed E-state index contributed by atoms with van der Waals surface area (Å²) >= 11 is 0. The van der Waals surface area contributed by atoms with Gasteiger partial charge in [-0.2, -0.15) is 0 Å². The van der Waals surface area contributed by atoms with Crippen LogP contribution in [0.2, 0.25) is 0 Å². The maximum atomic E-state index is 11.0. The van der Waals surface area contributed by atoms with Gasteiger partial charge in [0.25, 0.3) is 0 Å². The quantitative estimate of drug-likeness (QED) is 0.656. The zero-order valence-electron chi connectivity index (χ0n) is 7.71. The van der Waals surface area contributed by atoms with Crippen molar-refractivity contribution in [2.24, 2.45) is 17.1 Å². The third-order valence-electron chi connectivity index (χ3n) is 3.14. The Balaban J connectivity index is 2.86. The van der Waals surface area contributed by atoms with Crippen LogP contribution >= 0.6 is 0 Å². The van der Waals surface area contributed by atoms with E-state index in [1.807, 2.05) is 6.92 Å². The molecule has 0 amide bonds. The number of carboxylic acids is 1. The molecule has 0 aliphatic heterocycles. The molecule has 0 radical (unpaired) electrons. The van der Waals surface area contributed by atoms with Crippen molar-refractivity contribution < 1.29 is 9.90 Å². The molecule has 0 spiro atoms. The van der Waals surface area contributed by atoms with Crippen LogP contribution in [0.1, 0.15) is 33.1 Å². The zero-order valence-corrected chi connectivity index (χ0v) is 7.71. The minimum absolute atomic E-state index is 0.157. The fraction of sp³-hybridized carbons (Fsp3) is 0.889. The van der Waals surface area contributed by atoms with Crippen molar-refractivity contribution >= 4 is 5.97 Å². The summed E-state index contributed by atoms with van der Waals surface area (Å²) in [6.07, 6.45) is 2.23. The van der Waals surface area contributed by atoms with Crippen molar-refractivity contribution in [3.8, 4) is 0 Å². The van der Waals surface area contributed by atoms with E-state index in [0.29, 0.717) is 12.3 Å². The van der Waals surface area contributed by atoms with Crippen LogP contribution in [-0.4, -0.2) is 17.1 Å². The number of carboxylic acid groups (broad SMARTS) is 1. The van der Waals surface area contributed by atoms with E-state index in [9.17, 15) is 4.79 Å². The lowest BCUT2D eigenvalue weighted by molar-refractivity contribution is -0.149. The molecule has 3 atom stereocenters. The van der Waals surface area contributed by atoms with Gasteiger partial charge in [-0.25, -0.2) is 0 Å². The SMILES string of the molecule is CCC1(C(=O)O)CC(C)CC1N. The predicted molar refractivity (Wildman–Crippen MR) is 46.7 cm³/mol. The number of hydrogen-bond acceptors (Lipinski definition) is 2. The molecule has 3 unspecified atom stereocenters. The van der Waals surface area contributed by atoms with Crippen molar-refractivity contribution in [3.05, 3.63) is 0 Å². The first kappa shape index (κ1) is 9.52. The Kier molecular flexibility index (Phi) is 2.42. The maximum absolute atomic E-state index is 11.0. The standard InChI is InChI=1S/C9H17NO2/c1-3-9(8(11)12)5-6(2)4-7(9)10/h6-7H,3-5,10H2,1-2H3,(H,11,12). The van der Waals surface area contributed by atoms with Crippen LogP contribution in [0.5, 0.6) is 0 Å². The summed E-state index contributed by atoms with van der Waals surface area (Å²) in [6, 6.07) is -0.157. The molecule has 1 aliphatic carbocycles. The summed E-state index contributed by atoms with van der Waals surface area (Å²) in [5.74, 6) is -0.266. The van der Waals surface area contributed by atoms with Gasteiger partial charge in [0.05, 0.1) is 5.41 Å². The van der Waals surface area contributed by atoms with Gasteiger partial charge < -0.3 is 10.8 Å². The van der Waals surface area contributed by atoms with E-state index in [1.165, 1.54) is 0 Å². The van der Waals surface area contributed by atoms with E-state index in [1.54, 1.807) is 0 Å². The van der Waals surface area contributed by atoms with Gasteiger partial charge in [-0.1, -0.05) is 13.8 Å². The summed E-state index contributed by atoms with van der Waals surface area (Å²) < 4.78 is 0. The first-order valence-electron chi connectivity index (χ1n) is 4.52. The first-order valence-corrected chi connectivity index (χ1v) is 4.52. The Morgan fingerprint density at radius 2 is 2.33 bits per heavy atom. The predicted octanol–water partition coefficient (Wildman–Crippen LogP) is 1.22. The molecule has 12 heavy (non-hydrogen) atoms. The van der Waals surface area contributed by atoms with Gasteiger partial charge in [-0.3, -0.25) is 4.79 Å². The Morgan fingerprint density at radius 3 is 2.50 bits per heavy atom. The van der Waals surface area contributed by atoms with Crippen LogP contribution in [0.4, 0.5) is 0 Å². The van der Waals surface area contributed by atoms with Crippen LogP contribution in [0.3, 0.4) is 0 Å².